The van der Waals surface area contributed by atoms with Gasteiger partial charge in [-0.25, -0.2) is 0 Å². The summed E-state index contributed by atoms with van der Waals surface area (Å²) in [5, 5.41) is 9.90. The van der Waals surface area contributed by atoms with Crippen LogP contribution in [-0.4, -0.2) is 11.7 Å². The number of para-hydroxylation sites is 1. The molecule has 20 heavy (non-hydrogen) atoms. The summed E-state index contributed by atoms with van der Waals surface area (Å²) in [4.78, 5) is 0. The van der Waals surface area contributed by atoms with Gasteiger partial charge in [0.05, 0.1) is 5.56 Å². The molecule has 0 unspecified atom stereocenters. The minimum absolute atomic E-state index is 0.183. The Balaban J connectivity index is 2.14. The molecule has 2 rings (SSSR count). The van der Waals surface area contributed by atoms with Crippen LogP contribution in [0.25, 0.3) is 0 Å². The minimum Gasteiger partial charge on any atom is -0.488 e. The van der Waals surface area contributed by atoms with Gasteiger partial charge in [-0.1, -0.05) is 53.2 Å². The number of aliphatic hydroxyl groups excluding tert-OH is 1. The van der Waals surface area contributed by atoms with Gasteiger partial charge in [0, 0.05) is 15.6 Å². The second-order valence-electron chi connectivity index (χ2n) is 3.98. The standard InChI is InChI=1S/C16H12Cl2O2/c17-14-8-7-13(15(18)10-14)11-20-16-6-2-1-4-12(16)5-3-9-19/h1-2,4,6-8,10,19H,9,11H2. The third-order valence-corrected chi connectivity index (χ3v) is 3.17. The number of benzene rings is 2. The topological polar surface area (TPSA) is 29.5 Å². The van der Waals surface area contributed by atoms with Crippen LogP contribution in [0, 0.1) is 11.8 Å². The molecule has 1 N–H and O–H groups in total. The van der Waals surface area contributed by atoms with E-state index in [1.54, 1.807) is 12.1 Å². The summed E-state index contributed by atoms with van der Waals surface area (Å²) in [5.74, 6) is 6.10. The van der Waals surface area contributed by atoms with Gasteiger partial charge in [-0.15, -0.1) is 0 Å². The molecule has 0 bridgehead atoms. The summed E-state index contributed by atoms with van der Waals surface area (Å²) in [6.07, 6.45) is 0. The van der Waals surface area contributed by atoms with E-state index in [2.05, 4.69) is 11.8 Å². The lowest BCUT2D eigenvalue weighted by Crippen LogP contribution is -1.98. The molecule has 0 saturated carbocycles. The fourth-order valence-corrected chi connectivity index (χ4v) is 2.09. The van der Waals surface area contributed by atoms with E-state index in [-0.39, 0.29) is 6.61 Å². The predicted molar refractivity (Wildman–Crippen MR) is 81.2 cm³/mol. The highest BCUT2D eigenvalue weighted by molar-refractivity contribution is 6.35. The molecule has 4 heteroatoms. The lowest BCUT2D eigenvalue weighted by molar-refractivity contribution is 0.305. The number of hydrogen-bond acceptors (Lipinski definition) is 2. The Hall–Kier alpha value is -1.66. The largest absolute Gasteiger partial charge is 0.488 e. The van der Waals surface area contributed by atoms with Crippen molar-refractivity contribution in [1.82, 2.24) is 0 Å². The van der Waals surface area contributed by atoms with Gasteiger partial charge in [-0.05, 0) is 24.3 Å². The molecule has 0 atom stereocenters. The van der Waals surface area contributed by atoms with Gasteiger partial charge >= 0.3 is 0 Å². The number of aliphatic hydroxyl groups is 1. The van der Waals surface area contributed by atoms with E-state index in [0.29, 0.717) is 22.4 Å². The van der Waals surface area contributed by atoms with Crippen molar-refractivity contribution in [2.45, 2.75) is 6.61 Å². The van der Waals surface area contributed by atoms with Gasteiger partial charge in [0.2, 0.25) is 0 Å². The molecule has 0 aromatic heterocycles. The van der Waals surface area contributed by atoms with Gasteiger partial charge in [-0.3, -0.25) is 0 Å². The Kier molecular flexibility index (Phi) is 5.31. The molecule has 2 aromatic carbocycles. The smallest absolute Gasteiger partial charge is 0.135 e. The van der Waals surface area contributed by atoms with Crippen molar-refractivity contribution in [2.75, 3.05) is 6.61 Å². The maximum Gasteiger partial charge on any atom is 0.135 e. The maximum absolute atomic E-state index is 8.74. The van der Waals surface area contributed by atoms with Gasteiger partial charge in [0.1, 0.15) is 19.0 Å². The van der Waals surface area contributed by atoms with Crippen molar-refractivity contribution >= 4 is 23.2 Å². The molecule has 0 aliphatic carbocycles. The van der Waals surface area contributed by atoms with Crippen molar-refractivity contribution in [3.63, 3.8) is 0 Å². The maximum atomic E-state index is 8.74. The van der Waals surface area contributed by atoms with E-state index in [1.807, 2.05) is 30.3 Å². The van der Waals surface area contributed by atoms with Crippen LogP contribution in [0.2, 0.25) is 10.0 Å². The molecule has 102 valence electrons. The van der Waals surface area contributed by atoms with Crippen molar-refractivity contribution in [2.24, 2.45) is 0 Å². The van der Waals surface area contributed by atoms with Crippen LogP contribution in [0.15, 0.2) is 42.5 Å². The molecule has 2 nitrogen and oxygen atoms in total. The number of ether oxygens (including phenoxy) is 1. The SMILES string of the molecule is OCC#Cc1ccccc1OCc1ccc(Cl)cc1Cl. The zero-order valence-corrected chi connectivity index (χ0v) is 12.1. The van der Waals surface area contributed by atoms with Crippen LogP contribution < -0.4 is 4.74 Å². The summed E-state index contributed by atoms with van der Waals surface area (Å²) in [7, 11) is 0. The third-order valence-electron chi connectivity index (χ3n) is 2.59. The van der Waals surface area contributed by atoms with E-state index in [4.69, 9.17) is 33.0 Å². The monoisotopic (exact) mass is 306 g/mol. The number of rotatable bonds is 3. The van der Waals surface area contributed by atoms with Crippen LogP contribution >= 0.6 is 23.2 Å². The normalized spacial score (nSPS) is 9.75. The number of halogens is 2. The Morgan fingerprint density at radius 3 is 2.65 bits per heavy atom. The van der Waals surface area contributed by atoms with E-state index >= 15 is 0 Å². The summed E-state index contributed by atoms with van der Waals surface area (Å²) < 4.78 is 5.73. The second-order valence-corrected chi connectivity index (χ2v) is 4.82. The highest BCUT2D eigenvalue weighted by Crippen LogP contribution is 2.24. The van der Waals surface area contributed by atoms with Crippen LogP contribution in [0.4, 0.5) is 0 Å². The van der Waals surface area contributed by atoms with Gasteiger partial charge < -0.3 is 9.84 Å². The van der Waals surface area contributed by atoms with Crippen molar-refractivity contribution in [1.29, 1.82) is 0 Å². The zero-order chi connectivity index (χ0) is 14.4. The lowest BCUT2D eigenvalue weighted by atomic mass is 10.2. The van der Waals surface area contributed by atoms with Crippen LogP contribution in [0.5, 0.6) is 5.75 Å². The highest BCUT2D eigenvalue weighted by atomic mass is 35.5. The molecule has 2 aromatic rings. The quantitative estimate of drug-likeness (QED) is 0.871. The molecule has 0 amide bonds. The molecule has 0 aliphatic heterocycles. The first-order chi connectivity index (χ1) is 9.70. The molecule has 0 saturated heterocycles. The van der Waals surface area contributed by atoms with Crippen LogP contribution in [0.1, 0.15) is 11.1 Å². The van der Waals surface area contributed by atoms with Gasteiger partial charge in [0.25, 0.3) is 0 Å². The van der Waals surface area contributed by atoms with Crippen LogP contribution in [-0.2, 0) is 6.61 Å². The summed E-state index contributed by atoms with van der Waals surface area (Å²) in [5.41, 5.74) is 1.58. The Morgan fingerprint density at radius 2 is 1.90 bits per heavy atom. The van der Waals surface area contributed by atoms with E-state index < -0.39 is 0 Å². The zero-order valence-electron chi connectivity index (χ0n) is 10.6. The van der Waals surface area contributed by atoms with Crippen molar-refractivity contribution in [3.8, 4) is 17.6 Å². The molecule has 0 aliphatic rings. The molecule has 0 heterocycles. The predicted octanol–water partition coefficient (Wildman–Crippen LogP) is 3.92. The molecule has 0 radical (unpaired) electrons. The first kappa shape index (κ1) is 14.7. The van der Waals surface area contributed by atoms with Crippen LogP contribution in [0.3, 0.4) is 0 Å². The summed E-state index contributed by atoms with van der Waals surface area (Å²) in [6.45, 7) is 0.144. The van der Waals surface area contributed by atoms with Crippen molar-refractivity contribution in [3.05, 3.63) is 63.6 Å². The first-order valence-electron chi connectivity index (χ1n) is 5.96. The Morgan fingerprint density at radius 1 is 1.10 bits per heavy atom. The van der Waals surface area contributed by atoms with E-state index in [0.717, 1.165) is 11.1 Å². The molecule has 0 fully saturated rings. The summed E-state index contributed by atoms with van der Waals surface area (Å²) >= 11 is 11.9. The second kappa shape index (κ2) is 7.21. The minimum atomic E-state index is -0.183. The van der Waals surface area contributed by atoms with Gasteiger partial charge in [-0.2, -0.15) is 0 Å². The van der Waals surface area contributed by atoms with E-state index in [1.165, 1.54) is 0 Å². The fraction of sp³-hybridized carbons (Fsp3) is 0.125. The fourth-order valence-electron chi connectivity index (χ4n) is 1.62. The average molecular weight is 307 g/mol. The lowest BCUT2D eigenvalue weighted by Gasteiger charge is -2.09. The van der Waals surface area contributed by atoms with Crippen molar-refractivity contribution < 1.29 is 9.84 Å². The average Bonchev–Trinajstić information content (AvgIpc) is 2.45. The molecule has 0 spiro atoms. The molecular weight excluding hydrogens is 295 g/mol. The van der Waals surface area contributed by atoms with Gasteiger partial charge in [0.15, 0.2) is 0 Å². The Bertz CT molecular complexity index is 657. The third kappa shape index (κ3) is 3.91. The van der Waals surface area contributed by atoms with E-state index in [9.17, 15) is 0 Å². The number of hydrogen-bond donors (Lipinski definition) is 1. The highest BCUT2D eigenvalue weighted by Gasteiger charge is 2.04. The molecular formula is C16H12Cl2O2. The first-order valence-corrected chi connectivity index (χ1v) is 6.72. The summed E-state index contributed by atoms with van der Waals surface area (Å²) in [6, 6.07) is 12.7. The Labute approximate surface area is 127 Å².